The molecule has 0 saturated carbocycles. The highest BCUT2D eigenvalue weighted by Gasteiger charge is 2.12. The van der Waals surface area contributed by atoms with E-state index in [4.69, 9.17) is 15.0 Å². The molecule has 3 rings (SSSR count). The third kappa shape index (κ3) is 5.06. The van der Waals surface area contributed by atoms with Crippen molar-refractivity contribution in [1.82, 2.24) is 20.0 Å². The first-order valence-electron chi connectivity index (χ1n) is 8.79. The highest BCUT2D eigenvalue weighted by molar-refractivity contribution is 5.41. The topological polar surface area (TPSA) is 102 Å². The molecule has 136 valence electrons. The van der Waals surface area contributed by atoms with E-state index in [1.54, 1.807) is 6.07 Å². The molecule has 8 heteroatoms. The monoisotopic (exact) mass is 346 g/mol. The predicted molar refractivity (Wildman–Crippen MR) is 95.5 cm³/mol. The van der Waals surface area contributed by atoms with Crippen LogP contribution in [0.25, 0.3) is 0 Å². The molecular weight excluding hydrogens is 320 g/mol. The van der Waals surface area contributed by atoms with Gasteiger partial charge < -0.3 is 20.3 Å². The van der Waals surface area contributed by atoms with E-state index in [1.807, 2.05) is 6.07 Å². The molecule has 0 aromatic carbocycles. The molecular formula is C17H26N6O2. The van der Waals surface area contributed by atoms with Crippen LogP contribution in [0.4, 0.5) is 11.8 Å². The van der Waals surface area contributed by atoms with Gasteiger partial charge in [0.25, 0.3) is 0 Å². The smallest absolute Gasteiger partial charge is 0.228 e. The lowest BCUT2D eigenvalue weighted by Crippen LogP contribution is -2.25. The van der Waals surface area contributed by atoms with Gasteiger partial charge in [-0.2, -0.15) is 9.97 Å². The highest BCUT2D eigenvalue weighted by atomic mass is 16.5. The SMILES string of the molecule is CC(C)c1cc(CNc2nc(N)cc(OCCN3CCCC3)n2)on1. The zero-order chi connectivity index (χ0) is 17.6. The number of likely N-dealkylation sites (tertiary alicyclic amines) is 1. The van der Waals surface area contributed by atoms with E-state index in [1.165, 1.54) is 12.8 Å². The van der Waals surface area contributed by atoms with Crippen molar-refractivity contribution in [2.24, 2.45) is 0 Å². The van der Waals surface area contributed by atoms with E-state index in [0.717, 1.165) is 31.1 Å². The molecule has 3 heterocycles. The standard InChI is InChI=1S/C17H26N6O2/c1-12(2)14-9-13(25-22-14)11-19-17-20-15(18)10-16(21-17)24-8-7-23-5-3-4-6-23/h9-10,12H,3-8,11H2,1-2H3,(H3,18,19,20,21). The molecule has 2 aromatic rings. The van der Waals surface area contributed by atoms with E-state index in [9.17, 15) is 0 Å². The van der Waals surface area contributed by atoms with Crippen LogP contribution in [-0.4, -0.2) is 46.3 Å². The fraction of sp³-hybridized carbons (Fsp3) is 0.588. The summed E-state index contributed by atoms with van der Waals surface area (Å²) in [4.78, 5) is 10.9. The number of nitrogens with zero attached hydrogens (tertiary/aromatic N) is 4. The number of nitrogen functional groups attached to an aromatic ring is 1. The molecule has 1 aliphatic heterocycles. The number of ether oxygens (including phenoxy) is 1. The molecule has 25 heavy (non-hydrogen) atoms. The quantitative estimate of drug-likeness (QED) is 0.750. The second kappa shape index (κ2) is 8.15. The molecule has 0 amide bonds. The Hall–Kier alpha value is -2.35. The summed E-state index contributed by atoms with van der Waals surface area (Å²) in [6.07, 6.45) is 2.55. The Balaban J connectivity index is 1.52. The average molecular weight is 346 g/mol. The molecule has 8 nitrogen and oxygen atoms in total. The Morgan fingerprint density at radius 1 is 1.28 bits per heavy atom. The van der Waals surface area contributed by atoms with Crippen LogP contribution >= 0.6 is 0 Å². The summed E-state index contributed by atoms with van der Waals surface area (Å²) in [7, 11) is 0. The summed E-state index contributed by atoms with van der Waals surface area (Å²) < 4.78 is 11.0. The van der Waals surface area contributed by atoms with Crippen molar-refractivity contribution < 1.29 is 9.26 Å². The lowest BCUT2D eigenvalue weighted by atomic mass is 10.1. The van der Waals surface area contributed by atoms with Gasteiger partial charge in [-0.15, -0.1) is 0 Å². The van der Waals surface area contributed by atoms with Crippen molar-refractivity contribution in [2.45, 2.75) is 39.2 Å². The molecule has 0 unspecified atom stereocenters. The summed E-state index contributed by atoms with van der Waals surface area (Å²) in [5, 5.41) is 7.13. The Morgan fingerprint density at radius 2 is 2.08 bits per heavy atom. The van der Waals surface area contributed by atoms with E-state index >= 15 is 0 Å². The summed E-state index contributed by atoms with van der Waals surface area (Å²) in [5.74, 6) is 2.32. The summed E-state index contributed by atoms with van der Waals surface area (Å²) in [6, 6.07) is 3.57. The van der Waals surface area contributed by atoms with E-state index in [0.29, 0.717) is 36.7 Å². The van der Waals surface area contributed by atoms with Gasteiger partial charge in [0, 0.05) is 18.7 Å². The number of hydrogen-bond donors (Lipinski definition) is 2. The maximum Gasteiger partial charge on any atom is 0.228 e. The van der Waals surface area contributed by atoms with Gasteiger partial charge >= 0.3 is 0 Å². The van der Waals surface area contributed by atoms with Crippen molar-refractivity contribution in [1.29, 1.82) is 0 Å². The van der Waals surface area contributed by atoms with Crippen molar-refractivity contribution in [3.63, 3.8) is 0 Å². The third-order valence-corrected chi connectivity index (χ3v) is 4.17. The fourth-order valence-electron chi connectivity index (χ4n) is 2.73. The van der Waals surface area contributed by atoms with Gasteiger partial charge in [-0.25, -0.2) is 0 Å². The van der Waals surface area contributed by atoms with Crippen LogP contribution in [0.3, 0.4) is 0 Å². The lowest BCUT2D eigenvalue weighted by Gasteiger charge is -2.14. The first-order valence-corrected chi connectivity index (χ1v) is 8.79. The second-order valence-electron chi connectivity index (χ2n) is 6.58. The molecule has 0 bridgehead atoms. The van der Waals surface area contributed by atoms with Crippen LogP contribution < -0.4 is 15.8 Å². The Labute approximate surface area is 147 Å². The number of rotatable bonds is 8. The van der Waals surface area contributed by atoms with Gasteiger partial charge in [0.05, 0.1) is 12.2 Å². The van der Waals surface area contributed by atoms with Crippen LogP contribution in [0.5, 0.6) is 5.88 Å². The maximum absolute atomic E-state index is 5.85. The van der Waals surface area contributed by atoms with Crippen molar-refractivity contribution in [3.8, 4) is 5.88 Å². The second-order valence-corrected chi connectivity index (χ2v) is 6.58. The van der Waals surface area contributed by atoms with Gasteiger partial charge in [0.15, 0.2) is 5.76 Å². The lowest BCUT2D eigenvalue weighted by molar-refractivity contribution is 0.232. The van der Waals surface area contributed by atoms with Gasteiger partial charge in [0.2, 0.25) is 11.8 Å². The zero-order valence-electron chi connectivity index (χ0n) is 14.9. The Morgan fingerprint density at radius 3 is 2.80 bits per heavy atom. The number of nitrogens with one attached hydrogen (secondary N) is 1. The predicted octanol–water partition coefficient (Wildman–Crippen LogP) is 2.26. The molecule has 0 atom stereocenters. The minimum Gasteiger partial charge on any atom is -0.476 e. The first kappa shape index (κ1) is 17.5. The number of anilines is 2. The van der Waals surface area contributed by atoms with Gasteiger partial charge in [-0.3, -0.25) is 4.90 Å². The van der Waals surface area contributed by atoms with E-state index in [-0.39, 0.29) is 0 Å². The first-order chi connectivity index (χ1) is 12.1. The normalized spacial score (nSPS) is 15.0. The van der Waals surface area contributed by atoms with E-state index in [2.05, 4.69) is 39.2 Å². The van der Waals surface area contributed by atoms with Crippen LogP contribution in [-0.2, 0) is 6.54 Å². The Kier molecular flexibility index (Phi) is 5.70. The number of hydrogen-bond acceptors (Lipinski definition) is 8. The van der Waals surface area contributed by atoms with Crippen LogP contribution in [0.2, 0.25) is 0 Å². The largest absolute Gasteiger partial charge is 0.476 e. The number of nitrogens with two attached hydrogens (primary N) is 1. The summed E-state index contributed by atoms with van der Waals surface area (Å²) in [5.41, 5.74) is 6.78. The molecule has 1 aliphatic rings. The van der Waals surface area contributed by atoms with Gasteiger partial charge in [0.1, 0.15) is 12.4 Å². The molecule has 0 aliphatic carbocycles. The van der Waals surface area contributed by atoms with Crippen molar-refractivity contribution >= 4 is 11.8 Å². The third-order valence-electron chi connectivity index (χ3n) is 4.17. The number of aromatic nitrogens is 3. The highest BCUT2D eigenvalue weighted by Crippen LogP contribution is 2.17. The summed E-state index contributed by atoms with van der Waals surface area (Å²) in [6.45, 7) is 8.38. The fourth-order valence-corrected chi connectivity index (χ4v) is 2.73. The van der Waals surface area contributed by atoms with Crippen molar-refractivity contribution in [3.05, 3.63) is 23.6 Å². The summed E-state index contributed by atoms with van der Waals surface area (Å²) >= 11 is 0. The molecule has 1 fully saturated rings. The zero-order valence-corrected chi connectivity index (χ0v) is 14.9. The molecule has 1 saturated heterocycles. The van der Waals surface area contributed by atoms with Crippen LogP contribution in [0, 0.1) is 0 Å². The minimum atomic E-state index is 0.330. The Bertz CT molecular complexity index is 682. The van der Waals surface area contributed by atoms with Gasteiger partial charge in [-0.05, 0) is 31.8 Å². The molecule has 3 N–H and O–H groups in total. The van der Waals surface area contributed by atoms with E-state index < -0.39 is 0 Å². The van der Waals surface area contributed by atoms with Crippen LogP contribution in [0.1, 0.15) is 44.1 Å². The van der Waals surface area contributed by atoms with Crippen LogP contribution in [0.15, 0.2) is 16.7 Å². The maximum atomic E-state index is 5.85. The minimum absolute atomic E-state index is 0.330. The molecule has 2 aromatic heterocycles. The molecule has 0 spiro atoms. The van der Waals surface area contributed by atoms with Crippen molar-refractivity contribution in [2.75, 3.05) is 37.3 Å². The van der Waals surface area contributed by atoms with Gasteiger partial charge in [-0.1, -0.05) is 19.0 Å². The average Bonchev–Trinajstić information content (AvgIpc) is 3.24. The molecule has 0 radical (unpaired) electrons.